The summed E-state index contributed by atoms with van der Waals surface area (Å²) in [5, 5.41) is 8.65. The molecule has 0 saturated carbocycles. The van der Waals surface area contributed by atoms with Crippen LogP contribution < -0.4 is 4.90 Å². The number of carbonyl (C=O) groups excluding carboxylic acids is 1. The third-order valence-electron chi connectivity index (χ3n) is 3.81. The topological polar surface area (TPSA) is 47.3 Å². The van der Waals surface area contributed by atoms with Crippen LogP contribution in [0, 0.1) is 17.1 Å². The molecule has 1 aliphatic rings. The number of hydrogen-bond donors (Lipinski definition) is 0. The summed E-state index contributed by atoms with van der Waals surface area (Å²) in [5.41, 5.74) is -4.30. The second-order valence-corrected chi connectivity index (χ2v) is 5.84. The van der Waals surface area contributed by atoms with Gasteiger partial charge in [0, 0.05) is 7.05 Å². The van der Waals surface area contributed by atoms with Gasteiger partial charge in [0.2, 0.25) is 0 Å². The summed E-state index contributed by atoms with van der Waals surface area (Å²) in [7, 11) is 1.49. The van der Waals surface area contributed by atoms with Gasteiger partial charge in [-0.15, -0.1) is 0 Å². The number of nitrogens with zero attached hydrogens (tertiary/aromatic N) is 3. The lowest BCUT2D eigenvalue weighted by atomic mass is 10.0. The molecule has 1 saturated heterocycles. The number of nitriles is 1. The van der Waals surface area contributed by atoms with E-state index >= 15 is 0 Å². The molecule has 23 heavy (non-hydrogen) atoms. The zero-order valence-electron chi connectivity index (χ0n) is 12.3. The highest BCUT2D eigenvalue weighted by Gasteiger charge is 2.49. The average molecular weight is 345 g/mol. The maximum absolute atomic E-state index is 14.5. The van der Waals surface area contributed by atoms with E-state index in [9.17, 15) is 22.4 Å². The second kappa shape index (κ2) is 5.16. The summed E-state index contributed by atoms with van der Waals surface area (Å²) in [4.78, 5) is 14.5. The number of thiocarbonyl (C=S) groups is 1. The number of benzene rings is 1. The molecule has 2 rings (SSSR count). The van der Waals surface area contributed by atoms with E-state index in [4.69, 9.17) is 17.5 Å². The molecule has 0 N–H and O–H groups in total. The van der Waals surface area contributed by atoms with Gasteiger partial charge in [-0.3, -0.25) is 9.69 Å². The van der Waals surface area contributed by atoms with Crippen molar-refractivity contribution in [1.82, 2.24) is 4.90 Å². The van der Waals surface area contributed by atoms with Crippen LogP contribution in [0.15, 0.2) is 12.1 Å². The molecule has 4 nitrogen and oxygen atoms in total. The molecule has 0 unspecified atom stereocenters. The van der Waals surface area contributed by atoms with Crippen molar-refractivity contribution in [1.29, 1.82) is 5.26 Å². The van der Waals surface area contributed by atoms with Crippen LogP contribution in [0.2, 0.25) is 0 Å². The Morgan fingerprint density at radius 1 is 1.30 bits per heavy atom. The highest BCUT2D eigenvalue weighted by atomic mass is 32.1. The van der Waals surface area contributed by atoms with E-state index in [0.717, 1.165) is 17.0 Å². The summed E-state index contributed by atoms with van der Waals surface area (Å²) < 4.78 is 53.6. The first-order chi connectivity index (χ1) is 10.4. The van der Waals surface area contributed by atoms with Gasteiger partial charge >= 0.3 is 6.18 Å². The van der Waals surface area contributed by atoms with Crippen LogP contribution in [0.5, 0.6) is 0 Å². The predicted octanol–water partition coefficient (Wildman–Crippen LogP) is 3.06. The molecule has 9 heteroatoms. The van der Waals surface area contributed by atoms with E-state index in [-0.39, 0.29) is 5.11 Å². The van der Waals surface area contributed by atoms with E-state index < -0.39 is 40.3 Å². The smallest absolute Gasteiger partial charge is 0.337 e. The maximum atomic E-state index is 14.5. The highest BCUT2D eigenvalue weighted by molar-refractivity contribution is 7.80. The minimum absolute atomic E-state index is 0.114. The van der Waals surface area contributed by atoms with Crippen molar-refractivity contribution >= 4 is 28.9 Å². The Morgan fingerprint density at radius 3 is 2.26 bits per heavy atom. The van der Waals surface area contributed by atoms with Crippen LogP contribution in [-0.2, 0) is 11.0 Å². The van der Waals surface area contributed by atoms with Gasteiger partial charge < -0.3 is 4.90 Å². The standard InChI is InChI=1S/C14H11F4N3OS/c1-13(2)11(22)21(12(23)20(13)3)8-5-4-7(6-19)9(10(8)15)14(16,17)18/h4-5H,1-3H3. The second-order valence-electron chi connectivity index (χ2n) is 5.47. The van der Waals surface area contributed by atoms with Crippen LogP contribution in [0.3, 0.4) is 0 Å². The van der Waals surface area contributed by atoms with Gasteiger partial charge in [-0.25, -0.2) is 4.39 Å². The first-order valence-corrected chi connectivity index (χ1v) is 6.77. The fraction of sp³-hybridized carbons (Fsp3) is 0.357. The van der Waals surface area contributed by atoms with Gasteiger partial charge in [0.15, 0.2) is 10.9 Å². The van der Waals surface area contributed by atoms with Gasteiger partial charge in [-0.1, -0.05) is 0 Å². The van der Waals surface area contributed by atoms with Crippen molar-refractivity contribution in [2.75, 3.05) is 11.9 Å². The molecule has 0 spiro atoms. The lowest BCUT2D eigenvalue weighted by Crippen LogP contribution is -2.41. The maximum Gasteiger partial charge on any atom is 0.420 e. The Labute approximate surface area is 134 Å². The lowest BCUT2D eigenvalue weighted by Gasteiger charge is -2.24. The van der Waals surface area contributed by atoms with E-state index in [2.05, 4.69) is 0 Å². The van der Waals surface area contributed by atoms with Crippen LogP contribution in [-0.4, -0.2) is 28.5 Å². The molecule has 1 heterocycles. The van der Waals surface area contributed by atoms with Gasteiger partial charge in [0.25, 0.3) is 5.91 Å². The molecule has 1 aromatic rings. The average Bonchev–Trinajstić information content (AvgIpc) is 2.59. The Balaban J connectivity index is 2.70. The molecule has 1 amide bonds. The third kappa shape index (κ3) is 2.43. The fourth-order valence-electron chi connectivity index (χ4n) is 2.21. The molecule has 1 aliphatic heterocycles. The summed E-state index contributed by atoms with van der Waals surface area (Å²) in [6.45, 7) is 3.04. The van der Waals surface area contributed by atoms with Crippen molar-refractivity contribution in [2.24, 2.45) is 0 Å². The molecular formula is C14H11F4N3OS. The number of likely N-dealkylation sites (N-methyl/N-ethyl adjacent to an activating group) is 1. The Bertz CT molecular complexity index is 752. The minimum atomic E-state index is -5.07. The molecule has 0 aliphatic carbocycles. The summed E-state index contributed by atoms with van der Waals surface area (Å²) in [6.07, 6.45) is -5.07. The molecule has 0 atom stereocenters. The molecule has 1 aromatic carbocycles. The van der Waals surface area contributed by atoms with Crippen LogP contribution in [0.25, 0.3) is 0 Å². The van der Waals surface area contributed by atoms with E-state index in [1.807, 2.05) is 0 Å². The zero-order chi connectivity index (χ0) is 17.7. The number of alkyl halides is 3. The van der Waals surface area contributed by atoms with E-state index in [1.165, 1.54) is 31.9 Å². The quantitative estimate of drug-likeness (QED) is 0.580. The number of halogens is 4. The normalized spacial score (nSPS) is 17.7. The monoisotopic (exact) mass is 345 g/mol. The van der Waals surface area contributed by atoms with Crippen molar-refractivity contribution in [3.63, 3.8) is 0 Å². The molecule has 122 valence electrons. The number of amides is 1. The van der Waals surface area contributed by atoms with E-state index in [0.29, 0.717) is 0 Å². The molecular weight excluding hydrogens is 334 g/mol. The molecule has 0 radical (unpaired) electrons. The van der Waals surface area contributed by atoms with Crippen LogP contribution >= 0.6 is 12.2 Å². The number of hydrogen-bond acceptors (Lipinski definition) is 3. The lowest BCUT2D eigenvalue weighted by molar-refractivity contribution is -0.140. The molecule has 0 aromatic heterocycles. The highest BCUT2D eigenvalue weighted by Crippen LogP contribution is 2.40. The Morgan fingerprint density at radius 2 is 1.87 bits per heavy atom. The zero-order valence-corrected chi connectivity index (χ0v) is 13.1. The van der Waals surface area contributed by atoms with Gasteiger partial charge in [0.05, 0.1) is 17.3 Å². The molecule has 0 bridgehead atoms. The number of anilines is 1. The van der Waals surface area contributed by atoms with Crippen molar-refractivity contribution in [3.05, 3.63) is 29.1 Å². The Hall–Kier alpha value is -2.21. The number of carbonyl (C=O) groups is 1. The van der Waals surface area contributed by atoms with Crippen molar-refractivity contribution < 1.29 is 22.4 Å². The number of rotatable bonds is 1. The van der Waals surface area contributed by atoms with Crippen molar-refractivity contribution in [3.8, 4) is 6.07 Å². The summed E-state index contributed by atoms with van der Waals surface area (Å²) >= 11 is 5.05. The molecule has 1 fully saturated rings. The fourth-order valence-corrected chi connectivity index (χ4v) is 2.62. The van der Waals surface area contributed by atoms with Gasteiger partial charge in [-0.2, -0.15) is 18.4 Å². The van der Waals surface area contributed by atoms with Crippen molar-refractivity contribution in [2.45, 2.75) is 25.6 Å². The third-order valence-corrected chi connectivity index (χ3v) is 4.27. The summed E-state index contributed by atoms with van der Waals surface area (Å²) in [5.74, 6) is -2.35. The van der Waals surface area contributed by atoms with Crippen LogP contribution in [0.4, 0.5) is 23.2 Å². The summed E-state index contributed by atoms with van der Waals surface area (Å²) in [6, 6.07) is 3.07. The Kier molecular flexibility index (Phi) is 3.85. The SMILES string of the molecule is CN1C(=S)N(c2ccc(C#N)c(C(F)(F)F)c2F)C(=O)C1(C)C. The first-order valence-electron chi connectivity index (χ1n) is 6.36. The predicted molar refractivity (Wildman–Crippen MR) is 78.0 cm³/mol. The van der Waals surface area contributed by atoms with E-state index in [1.54, 1.807) is 0 Å². The largest absolute Gasteiger partial charge is 0.420 e. The van der Waals surface area contributed by atoms with Crippen LogP contribution in [0.1, 0.15) is 25.0 Å². The first kappa shape index (κ1) is 17.1. The van der Waals surface area contributed by atoms with Gasteiger partial charge in [0.1, 0.15) is 11.1 Å². The van der Waals surface area contributed by atoms with Gasteiger partial charge in [-0.05, 0) is 38.2 Å². The minimum Gasteiger partial charge on any atom is -0.337 e.